The molecule has 0 aliphatic carbocycles. The lowest BCUT2D eigenvalue weighted by Crippen LogP contribution is -2.50. The third-order valence-corrected chi connectivity index (χ3v) is 6.38. The van der Waals surface area contributed by atoms with Crippen LogP contribution in [0.2, 0.25) is 0 Å². The average Bonchev–Trinajstić information content (AvgIpc) is 2.53. The summed E-state index contributed by atoms with van der Waals surface area (Å²) in [7, 11) is -2.09. The number of nitrogens with zero attached hydrogens (tertiary/aromatic N) is 2. The van der Waals surface area contributed by atoms with E-state index in [0.717, 1.165) is 0 Å². The fourth-order valence-corrected chi connectivity index (χ4v) is 4.86. The molecule has 1 aliphatic heterocycles. The summed E-state index contributed by atoms with van der Waals surface area (Å²) in [5, 5.41) is 9.23. The molecule has 24 heavy (non-hydrogen) atoms. The van der Waals surface area contributed by atoms with Gasteiger partial charge < -0.3 is 10.0 Å². The SMILES string of the molecule is CN(CC(C)(C)O)S(=O)(=O)[C@@H]1CCCN(C(=O)c2ccccc2)C1. The van der Waals surface area contributed by atoms with Gasteiger partial charge in [0.1, 0.15) is 0 Å². The van der Waals surface area contributed by atoms with Crippen LogP contribution in [0.1, 0.15) is 37.0 Å². The topological polar surface area (TPSA) is 77.9 Å². The molecular weight excluding hydrogens is 328 g/mol. The second-order valence-corrected chi connectivity index (χ2v) is 9.31. The molecule has 1 aromatic rings. The molecule has 1 heterocycles. The van der Waals surface area contributed by atoms with Gasteiger partial charge in [-0.2, -0.15) is 0 Å². The molecule has 0 bridgehead atoms. The molecule has 0 radical (unpaired) electrons. The number of hydrogen-bond acceptors (Lipinski definition) is 4. The zero-order valence-electron chi connectivity index (χ0n) is 14.5. The van der Waals surface area contributed by atoms with Gasteiger partial charge in [-0.25, -0.2) is 12.7 Å². The molecule has 6 nitrogen and oxygen atoms in total. The van der Waals surface area contributed by atoms with Gasteiger partial charge in [-0.15, -0.1) is 0 Å². The molecule has 1 amide bonds. The molecule has 0 saturated carbocycles. The van der Waals surface area contributed by atoms with E-state index in [9.17, 15) is 18.3 Å². The molecule has 1 aliphatic rings. The van der Waals surface area contributed by atoms with Crippen LogP contribution in [-0.2, 0) is 10.0 Å². The van der Waals surface area contributed by atoms with E-state index in [4.69, 9.17) is 0 Å². The van der Waals surface area contributed by atoms with Crippen LogP contribution in [0.3, 0.4) is 0 Å². The summed E-state index contributed by atoms with van der Waals surface area (Å²) in [5.41, 5.74) is -0.531. The fraction of sp³-hybridized carbons (Fsp3) is 0.588. The maximum atomic E-state index is 12.7. The van der Waals surface area contributed by atoms with E-state index in [-0.39, 0.29) is 19.0 Å². The molecule has 1 N–H and O–H groups in total. The first-order chi connectivity index (χ1) is 11.1. The highest BCUT2D eigenvalue weighted by Crippen LogP contribution is 2.22. The van der Waals surface area contributed by atoms with Crippen molar-refractivity contribution in [1.82, 2.24) is 9.21 Å². The first-order valence-electron chi connectivity index (χ1n) is 8.13. The van der Waals surface area contributed by atoms with Crippen LogP contribution in [0.5, 0.6) is 0 Å². The predicted molar refractivity (Wildman–Crippen MR) is 93.2 cm³/mol. The number of rotatable bonds is 5. The standard InChI is InChI=1S/C17H26N2O4S/c1-17(2,21)13-18(3)24(22,23)15-10-7-11-19(12-15)16(20)14-8-5-4-6-9-14/h4-6,8-9,15,21H,7,10-13H2,1-3H3/t15-/m1/s1. The fourth-order valence-electron chi connectivity index (χ4n) is 3.02. The van der Waals surface area contributed by atoms with Crippen LogP contribution in [0.15, 0.2) is 30.3 Å². The number of aliphatic hydroxyl groups is 1. The number of sulfonamides is 1. The van der Waals surface area contributed by atoms with Crippen molar-refractivity contribution in [2.45, 2.75) is 37.5 Å². The Hall–Kier alpha value is -1.44. The third kappa shape index (κ3) is 4.55. The Balaban J connectivity index is 2.11. The van der Waals surface area contributed by atoms with Crippen molar-refractivity contribution in [1.29, 1.82) is 0 Å². The summed E-state index contributed by atoms with van der Waals surface area (Å²) >= 11 is 0. The van der Waals surface area contributed by atoms with Crippen LogP contribution >= 0.6 is 0 Å². The molecule has 1 saturated heterocycles. The summed E-state index contributed by atoms with van der Waals surface area (Å²) in [5.74, 6) is -0.138. The maximum absolute atomic E-state index is 12.7. The van der Waals surface area contributed by atoms with E-state index >= 15 is 0 Å². The Bertz CT molecular complexity index is 668. The van der Waals surface area contributed by atoms with Gasteiger partial charge in [0, 0.05) is 32.2 Å². The number of benzene rings is 1. The van der Waals surface area contributed by atoms with Crippen LogP contribution in [0.25, 0.3) is 0 Å². The molecule has 1 aromatic carbocycles. The molecule has 2 rings (SSSR count). The monoisotopic (exact) mass is 354 g/mol. The number of likely N-dealkylation sites (N-methyl/N-ethyl adjacent to an activating group) is 1. The Morgan fingerprint density at radius 1 is 1.33 bits per heavy atom. The van der Waals surface area contributed by atoms with E-state index in [0.29, 0.717) is 24.9 Å². The van der Waals surface area contributed by atoms with Gasteiger partial charge in [0.15, 0.2) is 0 Å². The Morgan fingerprint density at radius 3 is 2.54 bits per heavy atom. The maximum Gasteiger partial charge on any atom is 0.253 e. The van der Waals surface area contributed by atoms with Gasteiger partial charge in [0.2, 0.25) is 10.0 Å². The summed E-state index contributed by atoms with van der Waals surface area (Å²) in [4.78, 5) is 14.2. The molecule has 134 valence electrons. The van der Waals surface area contributed by atoms with Crippen molar-refractivity contribution < 1.29 is 18.3 Å². The lowest BCUT2D eigenvalue weighted by atomic mass is 10.1. The normalized spacial score (nSPS) is 19.5. The minimum Gasteiger partial charge on any atom is -0.389 e. The number of carbonyl (C=O) groups excluding carboxylic acids is 1. The van der Waals surface area contributed by atoms with Crippen molar-refractivity contribution in [3.8, 4) is 0 Å². The van der Waals surface area contributed by atoms with E-state index in [1.54, 1.807) is 43.0 Å². The summed E-state index contributed by atoms with van der Waals surface area (Å²) in [6.45, 7) is 3.93. The second-order valence-electron chi connectivity index (χ2n) is 6.99. The minimum atomic E-state index is -3.56. The van der Waals surface area contributed by atoms with Crippen LogP contribution in [0.4, 0.5) is 0 Å². The second kappa shape index (κ2) is 7.21. The number of piperidine rings is 1. The zero-order valence-corrected chi connectivity index (χ0v) is 15.3. The number of hydrogen-bond donors (Lipinski definition) is 1. The molecule has 0 aromatic heterocycles. The Labute approximate surface area is 144 Å². The van der Waals surface area contributed by atoms with Crippen LogP contribution in [0, 0.1) is 0 Å². The van der Waals surface area contributed by atoms with E-state index < -0.39 is 20.9 Å². The van der Waals surface area contributed by atoms with Gasteiger partial charge in [-0.1, -0.05) is 18.2 Å². The summed E-state index contributed by atoms with van der Waals surface area (Å²) in [6, 6.07) is 8.90. The number of likely N-dealkylation sites (tertiary alicyclic amines) is 1. The van der Waals surface area contributed by atoms with Crippen LogP contribution in [-0.4, -0.2) is 66.2 Å². The van der Waals surface area contributed by atoms with Crippen molar-refractivity contribution in [3.63, 3.8) is 0 Å². The first kappa shape index (κ1) is 18.9. The number of carbonyl (C=O) groups is 1. The smallest absolute Gasteiger partial charge is 0.253 e. The van der Waals surface area contributed by atoms with E-state index in [1.807, 2.05) is 6.07 Å². The lowest BCUT2D eigenvalue weighted by Gasteiger charge is -2.35. The van der Waals surface area contributed by atoms with Gasteiger partial charge in [0.25, 0.3) is 5.91 Å². The van der Waals surface area contributed by atoms with Gasteiger partial charge >= 0.3 is 0 Å². The lowest BCUT2D eigenvalue weighted by molar-refractivity contribution is 0.0625. The van der Waals surface area contributed by atoms with Crippen LogP contribution < -0.4 is 0 Å². The van der Waals surface area contributed by atoms with Crippen molar-refractivity contribution in [2.75, 3.05) is 26.7 Å². The van der Waals surface area contributed by atoms with Gasteiger partial charge in [-0.3, -0.25) is 4.79 Å². The highest BCUT2D eigenvalue weighted by molar-refractivity contribution is 7.89. The minimum absolute atomic E-state index is 0.0263. The highest BCUT2D eigenvalue weighted by atomic mass is 32.2. The Kier molecular flexibility index (Phi) is 5.67. The third-order valence-electron chi connectivity index (χ3n) is 4.15. The van der Waals surface area contributed by atoms with Gasteiger partial charge in [-0.05, 0) is 38.8 Å². The molecular formula is C17H26N2O4S. The molecule has 1 atom stereocenters. The molecule has 0 spiro atoms. The molecule has 7 heteroatoms. The molecule has 0 unspecified atom stereocenters. The quantitative estimate of drug-likeness (QED) is 0.865. The number of amides is 1. The molecule has 1 fully saturated rings. The van der Waals surface area contributed by atoms with Gasteiger partial charge in [0.05, 0.1) is 10.9 Å². The van der Waals surface area contributed by atoms with E-state index in [1.165, 1.54) is 11.4 Å². The Morgan fingerprint density at radius 2 is 1.96 bits per heavy atom. The predicted octanol–water partition coefficient (Wildman–Crippen LogP) is 1.32. The van der Waals surface area contributed by atoms with Crippen molar-refractivity contribution in [3.05, 3.63) is 35.9 Å². The average molecular weight is 354 g/mol. The summed E-state index contributed by atoms with van der Waals surface area (Å²) in [6.07, 6.45) is 1.18. The van der Waals surface area contributed by atoms with Crippen molar-refractivity contribution >= 4 is 15.9 Å². The van der Waals surface area contributed by atoms with Crippen molar-refractivity contribution in [2.24, 2.45) is 0 Å². The largest absolute Gasteiger partial charge is 0.389 e. The summed E-state index contributed by atoms with van der Waals surface area (Å²) < 4.78 is 26.7. The first-order valence-corrected chi connectivity index (χ1v) is 9.63. The zero-order chi connectivity index (χ0) is 18.0. The van der Waals surface area contributed by atoms with E-state index in [2.05, 4.69) is 0 Å². The highest BCUT2D eigenvalue weighted by Gasteiger charge is 2.36.